The van der Waals surface area contributed by atoms with Gasteiger partial charge in [0.25, 0.3) is 5.91 Å². The summed E-state index contributed by atoms with van der Waals surface area (Å²) >= 11 is 6.27. The van der Waals surface area contributed by atoms with E-state index in [1.807, 2.05) is 44.4 Å². The average molecular weight is 329 g/mol. The van der Waals surface area contributed by atoms with Crippen molar-refractivity contribution < 1.29 is 9.69 Å². The molecular weight excluding hydrogens is 310 g/mol. The van der Waals surface area contributed by atoms with Gasteiger partial charge in [0.2, 0.25) is 0 Å². The van der Waals surface area contributed by atoms with Gasteiger partial charge in [-0.1, -0.05) is 29.8 Å². The summed E-state index contributed by atoms with van der Waals surface area (Å²) in [7, 11) is 4.06. The number of rotatable bonds is 5. The Kier molecular flexibility index (Phi) is 5.75. The van der Waals surface area contributed by atoms with Crippen LogP contribution in [0.5, 0.6) is 0 Å². The highest BCUT2D eigenvalue weighted by Gasteiger charge is 2.21. The normalized spacial score (nSPS) is 11.8. The molecule has 0 heterocycles. The Balaban J connectivity index is 2.08. The Morgan fingerprint density at radius 1 is 1.22 bits per heavy atom. The number of carbonyl (C=O) groups excluding carboxylic acids is 1. The number of nitriles is 1. The standard InChI is InChI=1S/C18H18ClN3O/c1-22(2)17(15-5-3-4-6-16(15)19)12-21-18(23)14-9-7-13(11-20)8-10-14/h3-10,17H,12H2,1-2H3,(H,21,23)/p+1/t17-/m0/s1. The molecule has 0 bridgehead atoms. The van der Waals surface area contributed by atoms with E-state index in [0.717, 1.165) is 5.56 Å². The van der Waals surface area contributed by atoms with E-state index in [2.05, 4.69) is 5.32 Å². The molecule has 1 atom stereocenters. The molecule has 0 aromatic heterocycles. The van der Waals surface area contributed by atoms with Gasteiger partial charge >= 0.3 is 0 Å². The van der Waals surface area contributed by atoms with E-state index in [0.29, 0.717) is 22.7 Å². The summed E-state index contributed by atoms with van der Waals surface area (Å²) in [6, 6.07) is 16.4. The number of carbonyl (C=O) groups is 1. The van der Waals surface area contributed by atoms with Crippen LogP contribution in [0.2, 0.25) is 5.02 Å². The SMILES string of the molecule is C[NH+](C)[C@@H](CNC(=O)c1ccc(C#N)cc1)c1ccccc1Cl. The van der Waals surface area contributed by atoms with Crippen LogP contribution in [0.4, 0.5) is 0 Å². The van der Waals surface area contributed by atoms with Gasteiger partial charge in [0.15, 0.2) is 0 Å². The maximum atomic E-state index is 12.3. The number of halogens is 1. The van der Waals surface area contributed by atoms with Crippen LogP contribution in [0.25, 0.3) is 0 Å². The van der Waals surface area contributed by atoms with Crippen LogP contribution in [0.3, 0.4) is 0 Å². The fourth-order valence-corrected chi connectivity index (χ4v) is 2.64. The van der Waals surface area contributed by atoms with Crippen LogP contribution >= 0.6 is 11.6 Å². The van der Waals surface area contributed by atoms with Crippen molar-refractivity contribution in [1.82, 2.24) is 5.32 Å². The molecule has 4 nitrogen and oxygen atoms in total. The maximum Gasteiger partial charge on any atom is 0.251 e. The Labute approximate surface area is 141 Å². The largest absolute Gasteiger partial charge is 0.346 e. The van der Waals surface area contributed by atoms with Crippen molar-refractivity contribution in [3.05, 3.63) is 70.2 Å². The summed E-state index contributed by atoms with van der Waals surface area (Å²) in [5.74, 6) is -0.159. The zero-order chi connectivity index (χ0) is 16.8. The summed E-state index contributed by atoms with van der Waals surface area (Å²) in [5, 5.41) is 12.4. The molecule has 118 valence electrons. The number of nitrogens with zero attached hydrogens (tertiary/aromatic N) is 1. The number of hydrogen-bond donors (Lipinski definition) is 2. The highest BCUT2D eigenvalue weighted by Crippen LogP contribution is 2.20. The molecule has 0 aliphatic rings. The van der Waals surface area contributed by atoms with E-state index in [9.17, 15) is 4.79 Å². The average Bonchev–Trinajstić information content (AvgIpc) is 2.56. The van der Waals surface area contributed by atoms with Gasteiger partial charge in [0.05, 0.1) is 32.3 Å². The Morgan fingerprint density at radius 3 is 2.43 bits per heavy atom. The van der Waals surface area contributed by atoms with E-state index in [-0.39, 0.29) is 11.9 Å². The van der Waals surface area contributed by atoms with Gasteiger partial charge in [-0.3, -0.25) is 4.79 Å². The second kappa shape index (κ2) is 7.77. The van der Waals surface area contributed by atoms with Crippen molar-refractivity contribution in [2.75, 3.05) is 20.6 Å². The molecule has 0 spiro atoms. The molecule has 2 aromatic rings. The summed E-state index contributed by atoms with van der Waals surface area (Å²) in [6.07, 6.45) is 0. The Morgan fingerprint density at radius 2 is 1.87 bits per heavy atom. The third-order valence-corrected chi connectivity index (χ3v) is 4.06. The maximum absolute atomic E-state index is 12.3. The zero-order valence-corrected chi connectivity index (χ0v) is 13.9. The second-order valence-corrected chi connectivity index (χ2v) is 5.96. The summed E-state index contributed by atoms with van der Waals surface area (Å²) in [6.45, 7) is 0.477. The van der Waals surface area contributed by atoms with Gasteiger partial charge in [-0.25, -0.2) is 0 Å². The van der Waals surface area contributed by atoms with E-state index >= 15 is 0 Å². The van der Waals surface area contributed by atoms with Crippen LogP contribution in [0.1, 0.15) is 27.5 Å². The molecule has 5 heteroatoms. The Hall–Kier alpha value is -2.35. The number of benzene rings is 2. The lowest BCUT2D eigenvalue weighted by Gasteiger charge is -2.23. The first-order valence-electron chi connectivity index (χ1n) is 7.35. The van der Waals surface area contributed by atoms with Gasteiger partial charge in [-0.05, 0) is 30.3 Å². The van der Waals surface area contributed by atoms with Crippen molar-refractivity contribution >= 4 is 17.5 Å². The molecule has 0 saturated carbocycles. The molecular formula is C18H19ClN3O+. The molecule has 0 radical (unpaired) electrons. The molecule has 1 amide bonds. The minimum atomic E-state index is -0.159. The summed E-state index contributed by atoms with van der Waals surface area (Å²) in [4.78, 5) is 13.4. The van der Waals surface area contributed by atoms with Crippen LogP contribution in [0.15, 0.2) is 48.5 Å². The first-order valence-corrected chi connectivity index (χ1v) is 7.73. The molecule has 0 saturated heterocycles. The van der Waals surface area contributed by atoms with Crippen LogP contribution < -0.4 is 10.2 Å². The first kappa shape index (κ1) is 17.0. The smallest absolute Gasteiger partial charge is 0.251 e. The summed E-state index contributed by atoms with van der Waals surface area (Å²) in [5.41, 5.74) is 2.08. The number of amides is 1. The highest BCUT2D eigenvalue weighted by atomic mass is 35.5. The second-order valence-electron chi connectivity index (χ2n) is 5.55. The number of likely N-dealkylation sites (N-methyl/N-ethyl adjacent to an activating group) is 1. The topological polar surface area (TPSA) is 57.3 Å². The van der Waals surface area contributed by atoms with Gasteiger partial charge in [0.1, 0.15) is 6.04 Å². The van der Waals surface area contributed by atoms with Crippen molar-refractivity contribution in [1.29, 1.82) is 5.26 Å². The molecule has 0 aliphatic heterocycles. The van der Waals surface area contributed by atoms with Crippen LogP contribution in [-0.2, 0) is 0 Å². The van der Waals surface area contributed by atoms with Crippen LogP contribution in [0, 0.1) is 11.3 Å². The minimum absolute atomic E-state index is 0.0611. The lowest BCUT2D eigenvalue weighted by Crippen LogP contribution is -3.07. The van der Waals surface area contributed by atoms with Gasteiger partial charge < -0.3 is 10.2 Å². The molecule has 2 N–H and O–H groups in total. The zero-order valence-electron chi connectivity index (χ0n) is 13.1. The molecule has 0 aliphatic carbocycles. The van der Waals surface area contributed by atoms with Crippen LogP contribution in [-0.4, -0.2) is 26.5 Å². The van der Waals surface area contributed by atoms with E-state index in [4.69, 9.17) is 16.9 Å². The highest BCUT2D eigenvalue weighted by molar-refractivity contribution is 6.31. The van der Waals surface area contributed by atoms with E-state index in [1.54, 1.807) is 24.3 Å². The van der Waals surface area contributed by atoms with Gasteiger partial charge in [-0.15, -0.1) is 0 Å². The minimum Gasteiger partial charge on any atom is -0.346 e. The fourth-order valence-electron chi connectivity index (χ4n) is 2.38. The van der Waals surface area contributed by atoms with Gasteiger partial charge in [-0.2, -0.15) is 5.26 Å². The molecule has 0 fully saturated rings. The van der Waals surface area contributed by atoms with E-state index in [1.165, 1.54) is 4.90 Å². The van der Waals surface area contributed by atoms with Gasteiger partial charge in [0, 0.05) is 16.1 Å². The number of hydrogen-bond acceptors (Lipinski definition) is 2. The molecule has 23 heavy (non-hydrogen) atoms. The molecule has 2 aromatic carbocycles. The van der Waals surface area contributed by atoms with Crippen molar-refractivity contribution in [2.24, 2.45) is 0 Å². The third kappa shape index (κ3) is 4.32. The first-order chi connectivity index (χ1) is 11.0. The molecule has 0 unspecified atom stereocenters. The van der Waals surface area contributed by atoms with E-state index < -0.39 is 0 Å². The quantitative estimate of drug-likeness (QED) is 0.879. The number of quaternary nitrogens is 1. The predicted octanol–water partition coefficient (Wildman–Crippen LogP) is 1.83. The Bertz CT molecular complexity index is 720. The monoisotopic (exact) mass is 328 g/mol. The lowest BCUT2D eigenvalue weighted by atomic mass is 10.1. The third-order valence-electron chi connectivity index (χ3n) is 3.72. The van der Waals surface area contributed by atoms with Crippen molar-refractivity contribution in [3.8, 4) is 6.07 Å². The number of nitrogens with one attached hydrogen (secondary N) is 2. The lowest BCUT2D eigenvalue weighted by molar-refractivity contribution is -0.890. The fraction of sp³-hybridized carbons (Fsp3) is 0.222. The molecule has 2 rings (SSSR count). The summed E-state index contributed by atoms with van der Waals surface area (Å²) < 4.78 is 0. The predicted molar refractivity (Wildman–Crippen MR) is 90.5 cm³/mol. The van der Waals surface area contributed by atoms with Crippen molar-refractivity contribution in [3.63, 3.8) is 0 Å². The van der Waals surface area contributed by atoms with Crippen molar-refractivity contribution in [2.45, 2.75) is 6.04 Å².